The molecule has 0 heterocycles. The van der Waals surface area contributed by atoms with Crippen LogP contribution >= 0.6 is 0 Å². The lowest BCUT2D eigenvalue weighted by molar-refractivity contribution is 0.0937. The fourth-order valence-corrected chi connectivity index (χ4v) is 1.61. The molecule has 1 amide bonds. The predicted octanol–water partition coefficient (Wildman–Crippen LogP) is 0.921. The summed E-state index contributed by atoms with van der Waals surface area (Å²) in [4.78, 5) is 14.1. The van der Waals surface area contributed by atoms with Crippen molar-refractivity contribution in [3.05, 3.63) is 23.8 Å². The van der Waals surface area contributed by atoms with Crippen molar-refractivity contribution in [1.29, 1.82) is 0 Å². The first-order chi connectivity index (χ1) is 8.40. The molecule has 1 rings (SSSR count). The highest BCUT2D eigenvalue weighted by Gasteiger charge is 2.12. The molecule has 100 valence electrons. The molecule has 0 saturated heterocycles. The van der Waals surface area contributed by atoms with Gasteiger partial charge in [-0.25, -0.2) is 0 Å². The molecule has 0 aliphatic heterocycles. The number of nitrogens with zero attached hydrogens (tertiary/aromatic N) is 1. The zero-order valence-corrected chi connectivity index (χ0v) is 11.2. The van der Waals surface area contributed by atoms with Gasteiger partial charge in [-0.3, -0.25) is 4.79 Å². The van der Waals surface area contributed by atoms with Gasteiger partial charge in [0.25, 0.3) is 5.91 Å². The Hall–Kier alpha value is -1.75. The van der Waals surface area contributed by atoms with Crippen LogP contribution in [0.5, 0.6) is 0 Å². The van der Waals surface area contributed by atoms with E-state index in [-0.39, 0.29) is 11.9 Å². The molecule has 0 bridgehead atoms. The standard InChI is InChI=1S/C13H22N4O/c1-9(6-7-17(2)3)16-13(18)11-5-4-10(14)8-12(11)15/h4-5,8-9H,6-7,14-15H2,1-3H3,(H,16,18). The molecule has 1 unspecified atom stereocenters. The van der Waals surface area contributed by atoms with Crippen molar-refractivity contribution < 1.29 is 4.79 Å². The van der Waals surface area contributed by atoms with Crippen LogP contribution in [0, 0.1) is 0 Å². The minimum atomic E-state index is -0.154. The van der Waals surface area contributed by atoms with Gasteiger partial charge in [-0.2, -0.15) is 0 Å². The van der Waals surface area contributed by atoms with E-state index in [1.807, 2.05) is 21.0 Å². The van der Waals surface area contributed by atoms with Gasteiger partial charge in [0.05, 0.1) is 5.56 Å². The van der Waals surface area contributed by atoms with Crippen LogP contribution in [0.2, 0.25) is 0 Å². The molecule has 0 saturated carbocycles. The van der Waals surface area contributed by atoms with Gasteiger partial charge in [-0.15, -0.1) is 0 Å². The maximum Gasteiger partial charge on any atom is 0.253 e. The first-order valence-electron chi connectivity index (χ1n) is 6.00. The summed E-state index contributed by atoms with van der Waals surface area (Å²) < 4.78 is 0. The number of hydrogen-bond donors (Lipinski definition) is 3. The largest absolute Gasteiger partial charge is 0.399 e. The van der Waals surface area contributed by atoms with Gasteiger partial charge in [0.2, 0.25) is 0 Å². The van der Waals surface area contributed by atoms with Crippen molar-refractivity contribution in [3.8, 4) is 0 Å². The Balaban J connectivity index is 2.59. The number of hydrogen-bond acceptors (Lipinski definition) is 4. The summed E-state index contributed by atoms with van der Waals surface area (Å²) in [6, 6.07) is 5.03. The number of nitrogens with one attached hydrogen (secondary N) is 1. The maximum atomic E-state index is 12.0. The fourth-order valence-electron chi connectivity index (χ4n) is 1.61. The zero-order valence-electron chi connectivity index (χ0n) is 11.2. The lowest BCUT2D eigenvalue weighted by Gasteiger charge is -2.17. The van der Waals surface area contributed by atoms with Crippen LogP contribution in [0.1, 0.15) is 23.7 Å². The Morgan fingerprint density at radius 1 is 1.39 bits per heavy atom. The summed E-state index contributed by atoms with van der Waals surface area (Å²) >= 11 is 0. The third kappa shape index (κ3) is 4.25. The first-order valence-corrected chi connectivity index (χ1v) is 6.00. The number of nitrogens with two attached hydrogens (primary N) is 2. The normalized spacial score (nSPS) is 12.4. The summed E-state index contributed by atoms with van der Waals surface area (Å²) in [5.41, 5.74) is 12.8. The molecule has 1 atom stereocenters. The van der Waals surface area contributed by atoms with E-state index in [9.17, 15) is 4.79 Å². The van der Waals surface area contributed by atoms with Gasteiger partial charge in [0.1, 0.15) is 0 Å². The Kier molecular flexibility index (Phi) is 4.97. The van der Waals surface area contributed by atoms with E-state index in [1.165, 1.54) is 0 Å². The second-order valence-electron chi connectivity index (χ2n) is 4.81. The number of carbonyl (C=O) groups is 1. The van der Waals surface area contributed by atoms with Crippen molar-refractivity contribution in [3.63, 3.8) is 0 Å². The minimum Gasteiger partial charge on any atom is -0.399 e. The number of amides is 1. The van der Waals surface area contributed by atoms with Crippen LogP contribution in [-0.4, -0.2) is 37.5 Å². The Labute approximate surface area is 108 Å². The quantitative estimate of drug-likeness (QED) is 0.678. The lowest BCUT2D eigenvalue weighted by atomic mass is 10.1. The van der Waals surface area contributed by atoms with E-state index in [0.29, 0.717) is 16.9 Å². The summed E-state index contributed by atoms with van der Waals surface area (Å²) in [7, 11) is 4.01. The molecule has 5 nitrogen and oxygen atoms in total. The van der Waals surface area contributed by atoms with Crippen molar-refractivity contribution >= 4 is 17.3 Å². The molecule has 5 N–H and O–H groups in total. The number of benzene rings is 1. The minimum absolute atomic E-state index is 0.108. The summed E-state index contributed by atoms with van der Waals surface area (Å²) in [6.45, 7) is 2.91. The Morgan fingerprint density at radius 2 is 2.06 bits per heavy atom. The van der Waals surface area contributed by atoms with E-state index >= 15 is 0 Å². The van der Waals surface area contributed by atoms with Crippen LogP contribution < -0.4 is 16.8 Å². The highest BCUT2D eigenvalue weighted by Crippen LogP contribution is 2.15. The van der Waals surface area contributed by atoms with E-state index in [2.05, 4.69) is 10.2 Å². The molecule has 5 heteroatoms. The topological polar surface area (TPSA) is 84.4 Å². The molecule has 1 aromatic carbocycles. The zero-order chi connectivity index (χ0) is 13.7. The van der Waals surface area contributed by atoms with E-state index < -0.39 is 0 Å². The van der Waals surface area contributed by atoms with Gasteiger partial charge in [0.15, 0.2) is 0 Å². The highest BCUT2D eigenvalue weighted by molar-refractivity contribution is 5.99. The molecular formula is C13H22N4O. The lowest BCUT2D eigenvalue weighted by Crippen LogP contribution is -2.35. The molecule has 0 aromatic heterocycles. The SMILES string of the molecule is CC(CCN(C)C)NC(=O)c1ccc(N)cc1N. The highest BCUT2D eigenvalue weighted by atomic mass is 16.1. The van der Waals surface area contributed by atoms with Gasteiger partial charge < -0.3 is 21.7 Å². The molecule has 18 heavy (non-hydrogen) atoms. The number of nitrogen functional groups attached to an aromatic ring is 2. The summed E-state index contributed by atoms with van der Waals surface area (Å²) in [5, 5.41) is 2.93. The first kappa shape index (κ1) is 14.3. The average Bonchev–Trinajstić information content (AvgIpc) is 2.26. The average molecular weight is 250 g/mol. The smallest absolute Gasteiger partial charge is 0.253 e. The number of rotatable bonds is 5. The third-order valence-electron chi connectivity index (χ3n) is 2.71. The van der Waals surface area contributed by atoms with Gasteiger partial charge >= 0.3 is 0 Å². The van der Waals surface area contributed by atoms with Gasteiger partial charge in [-0.1, -0.05) is 0 Å². The monoisotopic (exact) mass is 250 g/mol. The Morgan fingerprint density at radius 3 is 2.61 bits per heavy atom. The van der Waals surface area contributed by atoms with Crippen molar-refractivity contribution in [2.45, 2.75) is 19.4 Å². The van der Waals surface area contributed by atoms with Crippen molar-refractivity contribution in [1.82, 2.24) is 10.2 Å². The molecule has 0 aliphatic carbocycles. The van der Waals surface area contributed by atoms with Crippen LogP contribution in [0.25, 0.3) is 0 Å². The number of carbonyl (C=O) groups excluding carboxylic acids is 1. The van der Waals surface area contributed by atoms with Crippen LogP contribution in [-0.2, 0) is 0 Å². The van der Waals surface area contributed by atoms with E-state index in [0.717, 1.165) is 13.0 Å². The van der Waals surface area contributed by atoms with Crippen LogP contribution in [0.3, 0.4) is 0 Å². The molecular weight excluding hydrogens is 228 g/mol. The van der Waals surface area contributed by atoms with Gasteiger partial charge in [0, 0.05) is 17.4 Å². The molecule has 0 aliphatic rings. The second kappa shape index (κ2) is 6.26. The summed E-state index contributed by atoms with van der Waals surface area (Å²) in [6.07, 6.45) is 0.896. The Bertz CT molecular complexity index is 417. The van der Waals surface area contributed by atoms with Crippen LogP contribution in [0.4, 0.5) is 11.4 Å². The summed E-state index contributed by atoms with van der Waals surface area (Å²) in [5.74, 6) is -0.154. The van der Waals surface area contributed by atoms with Gasteiger partial charge in [-0.05, 0) is 52.2 Å². The van der Waals surface area contributed by atoms with E-state index in [4.69, 9.17) is 11.5 Å². The maximum absolute atomic E-state index is 12.0. The number of anilines is 2. The molecule has 0 radical (unpaired) electrons. The van der Waals surface area contributed by atoms with Crippen LogP contribution in [0.15, 0.2) is 18.2 Å². The molecule has 0 fully saturated rings. The van der Waals surface area contributed by atoms with Crippen molar-refractivity contribution in [2.24, 2.45) is 0 Å². The fraction of sp³-hybridized carbons (Fsp3) is 0.462. The second-order valence-corrected chi connectivity index (χ2v) is 4.81. The van der Waals surface area contributed by atoms with Crippen molar-refractivity contribution in [2.75, 3.05) is 32.1 Å². The van der Waals surface area contributed by atoms with E-state index in [1.54, 1.807) is 18.2 Å². The predicted molar refractivity (Wildman–Crippen MR) is 75.4 cm³/mol. The molecule has 0 spiro atoms. The molecule has 1 aromatic rings. The third-order valence-corrected chi connectivity index (χ3v) is 2.71.